The van der Waals surface area contributed by atoms with Crippen molar-refractivity contribution in [3.8, 4) is 17.6 Å². The fraction of sp³-hybridized carbons (Fsp3) is 0.211. The summed E-state index contributed by atoms with van der Waals surface area (Å²) in [5, 5.41) is 15.1. The normalized spacial score (nSPS) is 11.2. The minimum atomic E-state index is -5.01. The van der Waals surface area contributed by atoms with Gasteiger partial charge in [0.15, 0.2) is 5.69 Å². The second-order valence-electron chi connectivity index (χ2n) is 6.55. The van der Waals surface area contributed by atoms with E-state index in [1.165, 1.54) is 23.5 Å². The molecule has 34 heavy (non-hydrogen) atoms. The van der Waals surface area contributed by atoms with Gasteiger partial charge in [0.2, 0.25) is 5.75 Å². The second-order valence-corrected chi connectivity index (χ2v) is 8.02. The molecule has 15 heteroatoms. The van der Waals surface area contributed by atoms with Crippen LogP contribution in [0.1, 0.15) is 17.0 Å². The predicted octanol–water partition coefficient (Wildman–Crippen LogP) is 3.36. The molecular weight excluding hydrogens is 501 g/mol. The molecule has 0 bridgehead atoms. The van der Waals surface area contributed by atoms with E-state index >= 15 is 0 Å². The monoisotopic (exact) mass is 514 g/mol. The smallest absolute Gasteiger partial charge is 0.437 e. The zero-order chi connectivity index (χ0) is 25.0. The Bertz CT molecular complexity index is 1370. The third kappa shape index (κ3) is 5.68. The lowest BCUT2D eigenvalue weighted by atomic mass is 10.2. The van der Waals surface area contributed by atoms with E-state index in [-0.39, 0.29) is 34.3 Å². The number of halogens is 4. The lowest BCUT2D eigenvalue weighted by Crippen LogP contribution is -2.28. The highest BCUT2D eigenvalue weighted by atomic mass is 35.5. The molecule has 10 nitrogen and oxygen atoms in total. The van der Waals surface area contributed by atoms with Crippen molar-refractivity contribution in [2.75, 3.05) is 18.5 Å². The van der Waals surface area contributed by atoms with Gasteiger partial charge in [0.05, 0.1) is 37.3 Å². The van der Waals surface area contributed by atoms with E-state index < -0.39 is 28.7 Å². The number of hydrogen-bond donors (Lipinski definition) is 1. The van der Waals surface area contributed by atoms with Crippen LogP contribution in [0.15, 0.2) is 40.2 Å². The van der Waals surface area contributed by atoms with Gasteiger partial charge in [-0.3, -0.25) is 22.6 Å². The fourth-order valence-electron chi connectivity index (χ4n) is 2.76. The summed E-state index contributed by atoms with van der Waals surface area (Å²) in [5.74, 6) is -1.37. The van der Waals surface area contributed by atoms with E-state index in [0.717, 1.165) is 28.9 Å². The molecule has 0 atom stereocenters. The average Bonchev–Trinajstić information content (AvgIpc) is 2.76. The zero-order valence-electron chi connectivity index (χ0n) is 17.4. The Morgan fingerprint density at radius 3 is 2.68 bits per heavy atom. The minimum absolute atomic E-state index is 0.0169. The van der Waals surface area contributed by atoms with Crippen LogP contribution < -0.4 is 20.2 Å². The Labute approximate surface area is 198 Å². The Morgan fingerprint density at radius 2 is 2.03 bits per heavy atom. The largest absolute Gasteiger partial charge is 0.449 e. The number of benzene rings is 1. The van der Waals surface area contributed by atoms with Crippen LogP contribution >= 0.6 is 23.8 Å². The standard InChI is InChI=1S/C19H14ClF3N6O4S/c1-28(34-32-2)14-6-12(26-27-17(14)30)8-29-9-25-16(19(21,22)23)15(18(29)31)33-13-4-10(7-24)3-11(20)5-13/h3-6,9H,8H2,1-2H3,(H,27,30). The lowest BCUT2D eigenvalue weighted by molar-refractivity contribution is -0.142. The Kier molecular flexibility index (Phi) is 7.50. The van der Waals surface area contributed by atoms with Gasteiger partial charge in [-0.2, -0.15) is 23.5 Å². The van der Waals surface area contributed by atoms with Gasteiger partial charge in [-0.25, -0.2) is 10.1 Å². The fourth-order valence-corrected chi connectivity index (χ4v) is 3.42. The molecule has 0 aliphatic carbocycles. The number of nitrogens with one attached hydrogen (secondary N) is 1. The molecule has 0 aliphatic heterocycles. The van der Waals surface area contributed by atoms with E-state index in [0.29, 0.717) is 6.33 Å². The van der Waals surface area contributed by atoms with Crippen molar-refractivity contribution in [2.45, 2.75) is 12.7 Å². The van der Waals surface area contributed by atoms with E-state index in [9.17, 15) is 22.8 Å². The first-order valence-electron chi connectivity index (χ1n) is 9.11. The first-order chi connectivity index (χ1) is 16.0. The van der Waals surface area contributed by atoms with Crippen molar-refractivity contribution in [3.05, 3.63) is 73.3 Å². The molecule has 2 aromatic heterocycles. The summed E-state index contributed by atoms with van der Waals surface area (Å²) in [4.78, 5) is 28.3. The van der Waals surface area contributed by atoms with Crippen LogP contribution in [0.3, 0.4) is 0 Å². The van der Waals surface area contributed by atoms with Gasteiger partial charge >= 0.3 is 6.18 Å². The highest BCUT2D eigenvalue weighted by Gasteiger charge is 2.38. The SMILES string of the molecule is COSN(C)c1cc(Cn2cnc(C(F)(F)F)c(Oc3cc(Cl)cc(C#N)c3)c2=O)n[nH]c1=O. The molecule has 0 saturated carbocycles. The number of aromatic amines is 1. The maximum absolute atomic E-state index is 13.5. The van der Waals surface area contributed by atoms with Gasteiger partial charge in [-0.1, -0.05) is 11.6 Å². The van der Waals surface area contributed by atoms with Crippen molar-refractivity contribution in [1.82, 2.24) is 19.7 Å². The molecule has 1 aromatic carbocycles. The number of hydrogen-bond acceptors (Lipinski definition) is 9. The van der Waals surface area contributed by atoms with Crippen LogP contribution in [-0.2, 0) is 16.9 Å². The average molecular weight is 515 g/mol. The third-order valence-electron chi connectivity index (χ3n) is 4.18. The van der Waals surface area contributed by atoms with Crippen LogP contribution in [0.25, 0.3) is 0 Å². The van der Waals surface area contributed by atoms with Crippen LogP contribution in [0, 0.1) is 11.3 Å². The molecule has 0 spiro atoms. The maximum Gasteiger partial charge on any atom is 0.437 e. The van der Waals surface area contributed by atoms with Gasteiger partial charge < -0.3 is 4.74 Å². The first-order valence-corrected chi connectivity index (χ1v) is 10.2. The number of anilines is 1. The first kappa shape index (κ1) is 25.1. The molecule has 3 aromatic rings. The van der Waals surface area contributed by atoms with Crippen molar-refractivity contribution < 1.29 is 22.1 Å². The summed E-state index contributed by atoms with van der Waals surface area (Å²) in [6.45, 7) is -0.339. The highest BCUT2D eigenvalue weighted by Crippen LogP contribution is 2.35. The van der Waals surface area contributed by atoms with Crippen LogP contribution in [0.5, 0.6) is 11.5 Å². The quantitative estimate of drug-likeness (QED) is 0.373. The Balaban J connectivity index is 2.06. The third-order valence-corrected chi connectivity index (χ3v) is 4.97. The van der Waals surface area contributed by atoms with Gasteiger partial charge in [0.25, 0.3) is 11.1 Å². The van der Waals surface area contributed by atoms with Crippen molar-refractivity contribution >= 4 is 29.5 Å². The Morgan fingerprint density at radius 1 is 1.29 bits per heavy atom. The number of ether oxygens (including phenoxy) is 1. The number of aromatic nitrogens is 4. The number of alkyl halides is 3. The minimum Gasteiger partial charge on any atom is -0.449 e. The van der Waals surface area contributed by atoms with Gasteiger partial charge in [0.1, 0.15) is 23.7 Å². The summed E-state index contributed by atoms with van der Waals surface area (Å²) in [7, 11) is 2.94. The van der Waals surface area contributed by atoms with Crippen molar-refractivity contribution in [3.63, 3.8) is 0 Å². The highest BCUT2D eigenvalue weighted by molar-refractivity contribution is 7.96. The zero-order valence-corrected chi connectivity index (χ0v) is 19.0. The summed E-state index contributed by atoms with van der Waals surface area (Å²) in [5.41, 5.74) is -2.99. The number of nitrogens with zero attached hydrogens (tertiary/aromatic N) is 5. The molecule has 1 N–H and O–H groups in total. The molecule has 3 rings (SSSR count). The maximum atomic E-state index is 13.5. The topological polar surface area (TPSA) is 126 Å². The number of rotatable bonds is 7. The van der Waals surface area contributed by atoms with Gasteiger partial charge in [0, 0.05) is 12.1 Å². The van der Waals surface area contributed by atoms with E-state index in [1.54, 1.807) is 13.1 Å². The Hall–Kier alpha value is -3.54. The number of nitriles is 1. The summed E-state index contributed by atoms with van der Waals surface area (Å²) in [6.07, 6.45) is -4.31. The molecular formula is C19H14ClF3N6O4S. The van der Waals surface area contributed by atoms with Gasteiger partial charge in [-0.05, 0) is 24.3 Å². The van der Waals surface area contributed by atoms with Crippen molar-refractivity contribution in [1.29, 1.82) is 5.26 Å². The van der Waals surface area contributed by atoms with Crippen molar-refractivity contribution in [2.24, 2.45) is 0 Å². The summed E-state index contributed by atoms with van der Waals surface area (Å²) < 4.78 is 52.9. The summed E-state index contributed by atoms with van der Waals surface area (Å²) in [6, 6.07) is 6.68. The van der Waals surface area contributed by atoms with Crippen LogP contribution in [0.2, 0.25) is 5.02 Å². The molecule has 0 fully saturated rings. The molecule has 178 valence electrons. The predicted molar refractivity (Wildman–Crippen MR) is 117 cm³/mol. The molecule has 0 aliphatic rings. The molecule has 0 radical (unpaired) electrons. The molecule has 2 heterocycles. The van der Waals surface area contributed by atoms with Crippen LogP contribution in [-0.4, -0.2) is 33.9 Å². The molecule has 0 saturated heterocycles. The number of H-pyrrole nitrogens is 1. The van der Waals surface area contributed by atoms with E-state index in [1.807, 2.05) is 0 Å². The summed E-state index contributed by atoms with van der Waals surface area (Å²) >= 11 is 6.73. The molecule has 0 amide bonds. The van der Waals surface area contributed by atoms with E-state index in [2.05, 4.69) is 15.2 Å². The van der Waals surface area contributed by atoms with Crippen LogP contribution in [0.4, 0.5) is 18.9 Å². The lowest BCUT2D eigenvalue weighted by Gasteiger charge is -2.16. The molecule has 0 unspecified atom stereocenters. The van der Waals surface area contributed by atoms with E-state index in [4.69, 9.17) is 25.8 Å². The second kappa shape index (κ2) is 10.2. The van der Waals surface area contributed by atoms with Gasteiger partial charge in [-0.15, -0.1) is 0 Å².